The van der Waals surface area contributed by atoms with Crippen molar-refractivity contribution < 1.29 is 0 Å². The van der Waals surface area contributed by atoms with E-state index in [0.29, 0.717) is 0 Å². The van der Waals surface area contributed by atoms with Gasteiger partial charge in [-0.05, 0) is 13.3 Å². The van der Waals surface area contributed by atoms with Crippen LogP contribution in [0.4, 0.5) is 0 Å². The fourth-order valence-corrected chi connectivity index (χ4v) is 2.12. The molecule has 2 atom stereocenters. The van der Waals surface area contributed by atoms with Gasteiger partial charge >= 0.3 is 0 Å². The highest BCUT2D eigenvalue weighted by Gasteiger charge is 2.15. The molecule has 0 radical (unpaired) electrons. The van der Waals surface area contributed by atoms with Crippen molar-refractivity contribution in [2.24, 2.45) is 0 Å². The monoisotopic (exact) mass is 145 g/mol. The lowest BCUT2D eigenvalue weighted by molar-refractivity contribution is 0.559. The fraction of sp³-hybridized carbons (Fsp3) is 1.00. The molecule has 2 heteroatoms. The summed E-state index contributed by atoms with van der Waals surface area (Å²) >= 11 is 2.11. The van der Waals surface area contributed by atoms with E-state index < -0.39 is 0 Å². The molecule has 0 aliphatic carbocycles. The van der Waals surface area contributed by atoms with E-state index in [-0.39, 0.29) is 0 Å². The standard InChI is InChI=1S/C7H15NS/c1-3-7-4-8-6(2)5-9-7/h6-8H,3-5H2,1-2H3. The summed E-state index contributed by atoms with van der Waals surface area (Å²) in [6, 6.07) is 0.734. The van der Waals surface area contributed by atoms with Gasteiger partial charge in [-0.2, -0.15) is 11.8 Å². The molecule has 1 nitrogen and oxygen atoms in total. The van der Waals surface area contributed by atoms with Crippen LogP contribution in [0.2, 0.25) is 0 Å². The Balaban J connectivity index is 2.18. The van der Waals surface area contributed by atoms with Gasteiger partial charge in [0.05, 0.1) is 0 Å². The second-order valence-electron chi connectivity index (χ2n) is 2.67. The number of nitrogens with one attached hydrogen (secondary N) is 1. The van der Waals surface area contributed by atoms with E-state index in [1.54, 1.807) is 0 Å². The lowest BCUT2D eigenvalue weighted by Crippen LogP contribution is -2.39. The number of thioether (sulfide) groups is 1. The first-order valence-electron chi connectivity index (χ1n) is 3.68. The summed E-state index contributed by atoms with van der Waals surface area (Å²) in [5.74, 6) is 1.29. The van der Waals surface area contributed by atoms with Crippen molar-refractivity contribution in [3.8, 4) is 0 Å². The third-order valence-corrected chi connectivity index (χ3v) is 3.40. The van der Waals surface area contributed by atoms with E-state index in [0.717, 1.165) is 11.3 Å². The van der Waals surface area contributed by atoms with Crippen LogP contribution >= 0.6 is 11.8 Å². The van der Waals surface area contributed by atoms with Crippen LogP contribution in [-0.2, 0) is 0 Å². The minimum absolute atomic E-state index is 0.734. The third-order valence-electron chi connectivity index (χ3n) is 1.73. The topological polar surface area (TPSA) is 12.0 Å². The van der Waals surface area contributed by atoms with Crippen LogP contribution in [-0.4, -0.2) is 23.6 Å². The van der Waals surface area contributed by atoms with E-state index >= 15 is 0 Å². The molecule has 1 saturated heterocycles. The first-order chi connectivity index (χ1) is 4.33. The lowest BCUT2D eigenvalue weighted by atomic mass is 10.3. The summed E-state index contributed by atoms with van der Waals surface area (Å²) in [5, 5.41) is 4.34. The first-order valence-corrected chi connectivity index (χ1v) is 4.72. The largest absolute Gasteiger partial charge is 0.312 e. The Morgan fingerprint density at radius 1 is 1.67 bits per heavy atom. The highest BCUT2D eigenvalue weighted by Crippen LogP contribution is 2.18. The van der Waals surface area contributed by atoms with Gasteiger partial charge in [0.15, 0.2) is 0 Å². The van der Waals surface area contributed by atoms with Gasteiger partial charge in [-0.3, -0.25) is 0 Å². The first kappa shape index (κ1) is 7.42. The van der Waals surface area contributed by atoms with Gasteiger partial charge in [0.2, 0.25) is 0 Å². The van der Waals surface area contributed by atoms with E-state index in [1.807, 2.05) is 0 Å². The maximum Gasteiger partial charge on any atom is 0.0170 e. The molecule has 1 rings (SSSR count). The Labute approximate surface area is 61.6 Å². The van der Waals surface area contributed by atoms with Crippen LogP contribution in [0, 0.1) is 0 Å². The zero-order valence-electron chi connectivity index (χ0n) is 6.18. The molecule has 0 aromatic heterocycles. The summed E-state index contributed by atoms with van der Waals surface area (Å²) < 4.78 is 0. The van der Waals surface area contributed by atoms with Crippen molar-refractivity contribution in [1.82, 2.24) is 5.32 Å². The summed E-state index contributed by atoms with van der Waals surface area (Å²) in [4.78, 5) is 0. The molecular formula is C7H15NS. The van der Waals surface area contributed by atoms with Gasteiger partial charge in [-0.25, -0.2) is 0 Å². The number of hydrogen-bond acceptors (Lipinski definition) is 2. The molecule has 0 amide bonds. The predicted molar refractivity (Wildman–Crippen MR) is 44.0 cm³/mol. The van der Waals surface area contributed by atoms with Gasteiger partial charge < -0.3 is 5.32 Å². The molecule has 0 spiro atoms. The van der Waals surface area contributed by atoms with Crippen molar-refractivity contribution in [3.05, 3.63) is 0 Å². The van der Waals surface area contributed by atoms with Gasteiger partial charge in [0.1, 0.15) is 0 Å². The van der Waals surface area contributed by atoms with Gasteiger partial charge in [0.25, 0.3) is 0 Å². The van der Waals surface area contributed by atoms with Crippen molar-refractivity contribution in [1.29, 1.82) is 0 Å². The van der Waals surface area contributed by atoms with E-state index in [2.05, 4.69) is 30.9 Å². The second-order valence-corrected chi connectivity index (χ2v) is 4.01. The van der Waals surface area contributed by atoms with Crippen LogP contribution in [0.15, 0.2) is 0 Å². The molecule has 0 aromatic rings. The summed E-state index contributed by atoms with van der Waals surface area (Å²) in [6.45, 7) is 5.72. The van der Waals surface area contributed by atoms with Gasteiger partial charge in [0, 0.05) is 23.6 Å². The molecule has 0 bridgehead atoms. The summed E-state index contributed by atoms with van der Waals surface area (Å²) in [7, 11) is 0. The van der Waals surface area contributed by atoms with Gasteiger partial charge in [-0.1, -0.05) is 6.92 Å². The average molecular weight is 145 g/mol. The maximum atomic E-state index is 3.46. The van der Waals surface area contributed by atoms with E-state index in [1.165, 1.54) is 18.7 Å². The maximum absolute atomic E-state index is 3.46. The molecule has 0 aromatic carbocycles. The molecule has 1 aliphatic rings. The van der Waals surface area contributed by atoms with Crippen LogP contribution in [0.1, 0.15) is 20.3 Å². The highest BCUT2D eigenvalue weighted by atomic mass is 32.2. The Kier molecular flexibility index (Phi) is 2.86. The van der Waals surface area contributed by atoms with Crippen LogP contribution in [0.25, 0.3) is 0 Å². The zero-order chi connectivity index (χ0) is 6.69. The van der Waals surface area contributed by atoms with Crippen molar-refractivity contribution >= 4 is 11.8 Å². The Morgan fingerprint density at radius 3 is 2.89 bits per heavy atom. The van der Waals surface area contributed by atoms with Crippen molar-refractivity contribution in [2.75, 3.05) is 12.3 Å². The molecule has 1 aliphatic heterocycles. The Morgan fingerprint density at radius 2 is 2.44 bits per heavy atom. The SMILES string of the molecule is CCC1CNC(C)CS1. The molecule has 54 valence electrons. The minimum atomic E-state index is 0.734. The molecule has 1 heterocycles. The van der Waals surface area contributed by atoms with Crippen LogP contribution in [0.5, 0.6) is 0 Å². The lowest BCUT2D eigenvalue weighted by Gasteiger charge is -2.26. The number of rotatable bonds is 1. The quantitative estimate of drug-likeness (QED) is 0.600. The van der Waals surface area contributed by atoms with Crippen LogP contribution < -0.4 is 5.32 Å². The zero-order valence-corrected chi connectivity index (χ0v) is 7.00. The minimum Gasteiger partial charge on any atom is -0.312 e. The third kappa shape index (κ3) is 2.18. The molecule has 1 fully saturated rings. The smallest absolute Gasteiger partial charge is 0.0170 e. The second kappa shape index (κ2) is 3.47. The molecule has 2 unspecified atom stereocenters. The van der Waals surface area contributed by atoms with Gasteiger partial charge in [-0.15, -0.1) is 0 Å². The van der Waals surface area contributed by atoms with Crippen molar-refractivity contribution in [2.45, 2.75) is 31.6 Å². The Bertz CT molecular complexity index is 77.0. The molecular weight excluding hydrogens is 130 g/mol. The number of hydrogen-bond donors (Lipinski definition) is 1. The fourth-order valence-electron chi connectivity index (χ4n) is 0.993. The van der Waals surface area contributed by atoms with Crippen LogP contribution in [0.3, 0.4) is 0 Å². The average Bonchev–Trinajstić information content (AvgIpc) is 1.90. The van der Waals surface area contributed by atoms with E-state index in [9.17, 15) is 0 Å². The van der Waals surface area contributed by atoms with Crippen molar-refractivity contribution in [3.63, 3.8) is 0 Å². The highest BCUT2D eigenvalue weighted by molar-refractivity contribution is 8.00. The predicted octanol–water partition coefficient (Wildman–Crippen LogP) is 1.49. The summed E-state index contributed by atoms with van der Waals surface area (Å²) in [6.07, 6.45) is 1.31. The molecule has 0 saturated carbocycles. The normalized spacial score (nSPS) is 36.7. The molecule has 9 heavy (non-hydrogen) atoms. The summed E-state index contributed by atoms with van der Waals surface area (Å²) in [5.41, 5.74) is 0. The Hall–Kier alpha value is 0.310. The van der Waals surface area contributed by atoms with E-state index in [4.69, 9.17) is 0 Å². The molecule has 1 N–H and O–H groups in total.